The van der Waals surface area contributed by atoms with Crippen LogP contribution < -0.4 is 10.2 Å². The highest BCUT2D eigenvalue weighted by atomic mass is 32.2. The highest BCUT2D eigenvalue weighted by Crippen LogP contribution is 2.34. The smallest absolute Gasteiger partial charge is 0.248 e. The number of fused-ring (bicyclic) bond motifs is 1. The van der Waals surface area contributed by atoms with Crippen molar-refractivity contribution in [2.75, 3.05) is 17.3 Å². The fourth-order valence-electron chi connectivity index (χ4n) is 3.96. The van der Waals surface area contributed by atoms with Gasteiger partial charge in [-0.1, -0.05) is 59.7 Å². The zero-order valence-corrected chi connectivity index (χ0v) is 18.5. The van der Waals surface area contributed by atoms with Crippen molar-refractivity contribution >= 4 is 21.4 Å². The van der Waals surface area contributed by atoms with E-state index in [0.717, 1.165) is 34.4 Å². The first-order chi connectivity index (χ1) is 14.8. The van der Waals surface area contributed by atoms with Crippen molar-refractivity contribution < 1.29 is 13.2 Å². The molecule has 1 amide bonds. The van der Waals surface area contributed by atoms with E-state index >= 15 is 0 Å². The molecule has 1 aliphatic rings. The summed E-state index contributed by atoms with van der Waals surface area (Å²) in [4.78, 5) is 15.6. The van der Waals surface area contributed by atoms with Crippen LogP contribution in [0.3, 0.4) is 0 Å². The van der Waals surface area contributed by atoms with Gasteiger partial charge in [-0.2, -0.15) is 0 Å². The molecule has 6 heteroatoms. The van der Waals surface area contributed by atoms with E-state index in [-0.39, 0.29) is 10.8 Å². The van der Waals surface area contributed by atoms with Crippen LogP contribution >= 0.6 is 0 Å². The normalized spacial score (nSPS) is 15.9. The highest BCUT2D eigenvalue weighted by molar-refractivity contribution is 7.91. The molecule has 0 fully saturated rings. The third-order valence-corrected chi connectivity index (χ3v) is 7.23. The second-order valence-corrected chi connectivity index (χ2v) is 9.98. The fraction of sp³-hybridized carbons (Fsp3) is 0.240. The molecule has 5 nitrogen and oxygen atoms in total. The summed E-state index contributed by atoms with van der Waals surface area (Å²) >= 11 is 0. The van der Waals surface area contributed by atoms with Crippen LogP contribution in [-0.4, -0.2) is 26.7 Å². The molecular weight excluding hydrogens is 408 g/mol. The summed E-state index contributed by atoms with van der Waals surface area (Å²) in [7, 11) is -3.63. The number of nitrogens with zero attached hydrogens (tertiary/aromatic N) is 1. The first-order valence-corrected chi connectivity index (χ1v) is 12.0. The van der Waals surface area contributed by atoms with Crippen molar-refractivity contribution in [3.63, 3.8) is 0 Å². The van der Waals surface area contributed by atoms with Gasteiger partial charge in [-0.25, -0.2) is 8.42 Å². The van der Waals surface area contributed by atoms with E-state index in [4.69, 9.17) is 0 Å². The van der Waals surface area contributed by atoms with Gasteiger partial charge in [-0.3, -0.25) is 4.79 Å². The summed E-state index contributed by atoms with van der Waals surface area (Å²) in [6, 6.07) is 22.0. The van der Waals surface area contributed by atoms with Gasteiger partial charge < -0.3 is 10.2 Å². The van der Waals surface area contributed by atoms with Gasteiger partial charge in [0, 0.05) is 12.2 Å². The van der Waals surface area contributed by atoms with Crippen molar-refractivity contribution in [2.24, 2.45) is 0 Å². The molecule has 0 saturated carbocycles. The Hall–Kier alpha value is -3.12. The van der Waals surface area contributed by atoms with Gasteiger partial charge in [0.1, 0.15) is 11.9 Å². The molecule has 0 bridgehead atoms. The molecule has 1 aliphatic heterocycles. The highest BCUT2D eigenvalue weighted by Gasteiger charge is 2.33. The quantitative estimate of drug-likeness (QED) is 0.660. The zero-order valence-electron chi connectivity index (χ0n) is 17.7. The minimum absolute atomic E-state index is 0.206. The van der Waals surface area contributed by atoms with Gasteiger partial charge in [0.15, 0.2) is 9.84 Å². The minimum Gasteiger partial charge on any atom is -0.356 e. The number of anilines is 1. The van der Waals surface area contributed by atoms with Crippen LogP contribution in [0.2, 0.25) is 0 Å². The maximum atomic E-state index is 13.3. The number of carbonyl (C=O) groups excluding carboxylic acids is 1. The predicted molar refractivity (Wildman–Crippen MR) is 123 cm³/mol. The molecule has 1 heterocycles. The second kappa shape index (κ2) is 8.55. The maximum absolute atomic E-state index is 13.3. The second-order valence-electron chi connectivity index (χ2n) is 7.99. The Morgan fingerprint density at radius 2 is 1.55 bits per heavy atom. The number of rotatable bonds is 5. The largest absolute Gasteiger partial charge is 0.356 e. The van der Waals surface area contributed by atoms with E-state index in [1.807, 2.05) is 62.4 Å². The zero-order chi connectivity index (χ0) is 22.0. The SMILES string of the molecule is Cc1ccc(N2CCc3ccccc3C2C(=O)NCS(=O)(=O)c2ccc(C)cc2)cc1. The summed E-state index contributed by atoms with van der Waals surface area (Å²) in [5.74, 6) is -0.752. The van der Waals surface area contributed by atoms with Crippen LogP contribution in [0.25, 0.3) is 0 Å². The van der Waals surface area contributed by atoms with Crippen molar-refractivity contribution in [1.82, 2.24) is 5.32 Å². The number of sulfone groups is 1. The standard InChI is InChI=1S/C25H26N2O3S/c1-18-7-11-21(12-8-18)27-16-15-20-5-3-4-6-23(20)24(27)25(28)26-17-31(29,30)22-13-9-19(2)10-14-22/h3-14,24H,15-17H2,1-2H3,(H,26,28). The molecule has 160 valence electrons. The summed E-state index contributed by atoms with van der Waals surface area (Å²) in [5.41, 5.74) is 5.11. The maximum Gasteiger partial charge on any atom is 0.248 e. The first-order valence-electron chi connectivity index (χ1n) is 10.3. The monoisotopic (exact) mass is 434 g/mol. The average Bonchev–Trinajstić information content (AvgIpc) is 2.77. The lowest BCUT2D eigenvalue weighted by Gasteiger charge is -2.38. The van der Waals surface area contributed by atoms with Gasteiger partial charge >= 0.3 is 0 Å². The lowest BCUT2D eigenvalue weighted by molar-refractivity contribution is -0.122. The van der Waals surface area contributed by atoms with Gasteiger partial charge in [0.2, 0.25) is 5.91 Å². The Morgan fingerprint density at radius 3 is 2.23 bits per heavy atom. The van der Waals surface area contributed by atoms with E-state index < -0.39 is 21.8 Å². The Bertz CT molecular complexity index is 1190. The molecule has 4 rings (SSSR count). The predicted octanol–water partition coefficient (Wildman–Crippen LogP) is 3.95. The number of hydrogen-bond donors (Lipinski definition) is 1. The molecule has 0 aliphatic carbocycles. The van der Waals surface area contributed by atoms with Crippen LogP contribution in [0.4, 0.5) is 5.69 Å². The molecule has 1 N–H and O–H groups in total. The average molecular weight is 435 g/mol. The van der Waals surface area contributed by atoms with E-state index in [0.29, 0.717) is 6.54 Å². The van der Waals surface area contributed by atoms with Crippen molar-refractivity contribution in [2.45, 2.75) is 31.2 Å². The van der Waals surface area contributed by atoms with Gasteiger partial charge in [-0.15, -0.1) is 0 Å². The molecule has 1 unspecified atom stereocenters. The molecule has 3 aromatic rings. The molecule has 0 radical (unpaired) electrons. The molecule has 1 atom stereocenters. The van der Waals surface area contributed by atoms with E-state index in [1.54, 1.807) is 24.3 Å². The summed E-state index contributed by atoms with van der Waals surface area (Å²) in [5, 5.41) is 2.69. The van der Waals surface area contributed by atoms with E-state index in [2.05, 4.69) is 10.2 Å². The van der Waals surface area contributed by atoms with Crippen molar-refractivity contribution in [3.8, 4) is 0 Å². The first kappa shape index (κ1) is 21.1. The molecule has 3 aromatic carbocycles. The molecule has 0 spiro atoms. The van der Waals surface area contributed by atoms with E-state index in [9.17, 15) is 13.2 Å². The van der Waals surface area contributed by atoms with Crippen molar-refractivity contribution in [3.05, 3.63) is 95.1 Å². The summed E-state index contributed by atoms with van der Waals surface area (Å²) in [6.45, 7) is 4.61. The Balaban J connectivity index is 1.61. The number of nitrogens with one attached hydrogen (secondary N) is 1. The summed E-state index contributed by atoms with van der Waals surface area (Å²) < 4.78 is 25.5. The Kier molecular flexibility index (Phi) is 5.83. The topological polar surface area (TPSA) is 66.5 Å². The minimum atomic E-state index is -3.63. The third kappa shape index (κ3) is 4.49. The number of aryl methyl sites for hydroxylation is 2. The third-order valence-electron chi connectivity index (χ3n) is 5.71. The van der Waals surface area contributed by atoms with Crippen LogP contribution in [0.1, 0.15) is 28.3 Å². The summed E-state index contributed by atoms with van der Waals surface area (Å²) in [6.07, 6.45) is 0.829. The lowest BCUT2D eigenvalue weighted by atomic mass is 9.91. The molecular formula is C25H26N2O3S. The fourth-order valence-corrected chi connectivity index (χ4v) is 5.01. The van der Waals surface area contributed by atoms with Crippen molar-refractivity contribution in [1.29, 1.82) is 0 Å². The number of hydrogen-bond acceptors (Lipinski definition) is 4. The van der Waals surface area contributed by atoms with Crippen LogP contribution in [0.5, 0.6) is 0 Å². The van der Waals surface area contributed by atoms with E-state index in [1.165, 1.54) is 0 Å². The van der Waals surface area contributed by atoms with Crippen LogP contribution in [-0.2, 0) is 21.1 Å². The van der Waals surface area contributed by atoms with Gasteiger partial charge in [0.05, 0.1) is 4.90 Å². The number of amides is 1. The van der Waals surface area contributed by atoms with Gasteiger partial charge in [-0.05, 0) is 55.7 Å². The molecule has 31 heavy (non-hydrogen) atoms. The Labute approximate surface area is 183 Å². The molecule has 0 aromatic heterocycles. The lowest BCUT2D eigenvalue weighted by Crippen LogP contribution is -2.45. The van der Waals surface area contributed by atoms with Crippen LogP contribution in [0.15, 0.2) is 77.7 Å². The van der Waals surface area contributed by atoms with Gasteiger partial charge in [0.25, 0.3) is 0 Å². The molecule has 0 saturated heterocycles. The Morgan fingerprint density at radius 1 is 0.935 bits per heavy atom. The van der Waals surface area contributed by atoms with Crippen LogP contribution in [0, 0.1) is 13.8 Å². The number of benzene rings is 3. The number of carbonyl (C=O) groups is 1.